The number of rotatable bonds is 4. The van der Waals surface area contributed by atoms with Crippen molar-refractivity contribution in [3.63, 3.8) is 0 Å². The van der Waals surface area contributed by atoms with Crippen LogP contribution in [0.1, 0.15) is 11.3 Å². The van der Waals surface area contributed by atoms with Crippen LogP contribution in [0, 0.1) is 0 Å². The van der Waals surface area contributed by atoms with Crippen molar-refractivity contribution < 1.29 is 9.21 Å². The average molecular weight is 244 g/mol. The van der Waals surface area contributed by atoms with Gasteiger partial charge in [-0.3, -0.25) is 4.79 Å². The topological polar surface area (TPSA) is 59.5 Å². The van der Waals surface area contributed by atoms with E-state index in [-0.39, 0.29) is 5.91 Å². The summed E-state index contributed by atoms with van der Waals surface area (Å²) >= 11 is 0. The van der Waals surface area contributed by atoms with Gasteiger partial charge in [-0.1, -0.05) is 12.1 Å². The summed E-state index contributed by atoms with van der Waals surface area (Å²) in [5, 5.41) is 0. The molecule has 0 fully saturated rings. The summed E-state index contributed by atoms with van der Waals surface area (Å²) in [5.74, 6) is 0.815. The maximum Gasteiger partial charge on any atom is 0.227 e. The first kappa shape index (κ1) is 12.2. The number of carbonyl (C=O) groups is 1. The van der Waals surface area contributed by atoms with Crippen LogP contribution < -0.4 is 5.73 Å². The van der Waals surface area contributed by atoms with Crippen molar-refractivity contribution in [3.8, 4) is 0 Å². The molecule has 2 N–H and O–H groups in total. The van der Waals surface area contributed by atoms with Gasteiger partial charge in [-0.05, 0) is 29.8 Å². The molecule has 0 saturated heterocycles. The lowest BCUT2D eigenvalue weighted by atomic mass is 10.1. The van der Waals surface area contributed by atoms with Gasteiger partial charge in [0.05, 0.1) is 19.2 Å². The molecule has 0 aliphatic carbocycles. The Bertz CT molecular complexity index is 520. The Morgan fingerprint density at radius 1 is 1.33 bits per heavy atom. The average Bonchev–Trinajstić information content (AvgIpc) is 2.81. The van der Waals surface area contributed by atoms with Gasteiger partial charge in [-0.15, -0.1) is 0 Å². The van der Waals surface area contributed by atoms with Gasteiger partial charge in [0, 0.05) is 12.7 Å². The molecule has 0 unspecified atom stereocenters. The molecule has 0 bridgehead atoms. The van der Waals surface area contributed by atoms with Gasteiger partial charge >= 0.3 is 0 Å². The SMILES string of the molecule is CN(Cc1ccco1)C(=O)Cc1cccc(N)c1. The van der Waals surface area contributed by atoms with Crippen LogP contribution >= 0.6 is 0 Å². The van der Waals surface area contributed by atoms with Crippen LogP contribution in [0.25, 0.3) is 0 Å². The Balaban J connectivity index is 1.95. The van der Waals surface area contributed by atoms with E-state index < -0.39 is 0 Å². The highest BCUT2D eigenvalue weighted by Crippen LogP contribution is 2.10. The third-order valence-corrected chi connectivity index (χ3v) is 2.71. The number of amides is 1. The van der Waals surface area contributed by atoms with Crippen molar-refractivity contribution in [2.24, 2.45) is 0 Å². The van der Waals surface area contributed by atoms with Gasteiger partial charge in [0.2, 0.25) is 5.91 Å². The van der Waals surface area contributed by atoms with Crippen molar-refractivity contribution in [1.29, 1.82) is 0 Å². The molecule has 94 valence electrons. The van der Waals surface area contributed by atoms with Crippen molar-refractivity contribution in [2.75, 3.05) is 12.8 Å². The van der Waals surface area contributed by atoms with Gasteiger partial charge < -0.3 is 15.1 Å². The molecule has 18 heavy (non-hydrogen) atoms. The van der Waals surface area contributed by atoms with E-state index in [1.54, 1.807) is 24.3 Å². The third kappa shape index (κ3) is 3.13. The Morgan fingerprint density at radius 3 is 2.83 bits per heavy atom. The molecule has 0 saturated carbocycles. The highest BCUT2D eigenvalue weighted by atomic mass is 16.3. The number of furan rings is 1. The quantitative estimate of drug-likeness (QED) is 0.837. The normalized spacial score (nSPS) is 10.3. The third-order valence-electron chi connectivity index (χ3n) is 2.71. The smallest absolute Gasteiger partial charge is 0.227 e. The monoisotopic (exact) mass is 244 g/mol. The Hall–Kier alpha value is -2.23. The first-order valence-corrected chi connectivity index (χ1v) is 5.76. The minimum absolute atomic E-state index is 0.0389. The summed E-state index contributed by atoms with van der Waals surface area (Å²) in [6, 6.07) is 11.0. The van der Waals surface area contributed by atoms with E-state index in [1.165, 1.54) is 0 Å². The number of likely N-dealkylation sites (N-methyl/N-ethyl adjacent to an activating group) is 1. The molecule has 0 spiro atoms. The molecule has 1 aromatic carbocycles. The van der Waals surface area contributed by atoms with Gasteiger partial charge in [0.1, 0.15) is 5.76 Å². The second kappa shape index (κ2) is 5.40. The van der Waals surface area contributed by atoms with Crippen molar-refractivity contribution in [1.82, 2.24) is 4.90 Å². The Morgan fingerprint density at radius 2 is 2.17 bits per heavy atom. The number of nitrogens with two attached hydrogens (primary N) is 1. The molecule has 4 nitrogen and oxygen atoms in total. The van der Waals surface area contributed by atoms with Crippen molar-refractivity contribution in [3.05, 3.63) is 54.0 Å². The fraction of sp³-hybridized carbons (Fsp3) is 0.214. The molecule has 1 heterocycles. The molecule has 2 rings (SSSR count). The Kier molecular flexibility index (Phi) is 3.67. The maximum absolute atomic E-state index is 12.0. The predicted molar refractivity (Wildman–Crippen MR) is 69.7 cm³/mol. The summed E-state index contributed by atoms with van der Waals surface area (Å²) in [6.07, 6.45) is 1.95. The highest BCUT2D eigenvalue weighted by molar-refractivity contribution is 5.78. The van der Waals surface area contributed by atoms with Crippen molar-refractivity contribution in [2.45, 2.75) is 13.0 Å². The number of carbonyl (C=O) groups excluding carboxylic acids is 1. The summed E-state index contributed by atoms with van der Waals surface area (Å²) in [7, 11) is 1.76. The van der Waals surface area contributed by atoms with E-state index in [1.807, 2.05) is 30.3 Å². The zero-order valence-electron chi connectivity index (χ0n) is 10.3. The van der Waals surface area contributed by atoms with E-state index in [2.05, 4.69) is 0 Å². The summed E-state index contributed by atoms with van der Waals surface area (Å²) in [6.45, 7) is 0.480. The van der Waals surface area contributed by atoms with Gasteiger partial charge in [0.15, 0.2) is 0 Å². The minimum Gasteiger partial charge on any atom is -0.467 e. The fourth-order valence-corrected chi connectivity index (χ4v) is 1.74. The second-order valence-electron chi connectivity index (χ2n) is 4.25. The molecule has 0 atom stereocenters. The van der Waals surface area contributed by atoms with E-state index in [0.717, 1.165) is 11.3 Å². The van der Waals surface area contributed by atoms with Crippen LogP contribution in [0.2, 0.25) is 0 Å². The summed E-state index contributed by atoms with van der Waals surface area (Å²) < 4.78 is 5.21. The lowest BCUT2D eigenvalue weighted by molar-refractivity contribution is -0.129. The summed E-state index contributed by atoms with van der Waals surface area (Å²) in [4.78, 5) is 13.6. The molecule has 4 heteroatoms. The van der Waals surface area contributed by atoms with E-state index >= 15 is 0 Å². The van der Waals surface area contributed by atoms with Gasteiger partial charge in [0.25, 0.3) is 0 Å². The van der Waals surface area contributed by atoms with Crippen molar-refractivity contribution >= 4 is 11.6 Å². The minimum atomic E-state index is 0.0389. The number of nitrogens with zero attached hydrogens (tertiary/aromatic N) is 1. The maximum atomic E-state index is 12.0. The number of anilines is 1. The predicted octanol–water partition coefficient (Wildman–Crippen LogP) is 2.06. The largest absolute Gasteiger partial charge is 0.467 e. The van der Waals surface area contributed by atoms with Crippen LogP contribution in [0.15, 0.2) is 47.1 Å². The van der Waals surface area contributed by atoms with Crippen LogP contribution in [-0.2, 0) is 17.8 Å². The van der Waals surface area contributed by atoms with Gasteiger partial charge in [-0.2, -0.15) is 0 Å². The number of hydrogen-bond donors (Lipinski definition) is 1. The molecule has 1 amide bonds. The van der Waals surface area contributed by atoms with Gasteiger partial charge in [-0.25, -0.2) is 0 Å². The lowest BCUT2D eigenvalue weighted by Crippen LogP contribution is -2.27. The molecule has 0 aliphatic heterocycles. The number of benzene rings is 1. The lowest BCUT2D eigenvalue weighted by Gasteiger charge is -2.15. The first-order valence-electron chi connectivity index (χ1n) is 5.76. The zero-order chi connectivity index (χ0) is 13.0. The van der Waals surface area contributed by atoms with Crippen LogP contribution in [0.4, 0.5) is 5.69 Å². The van der Waals surface area contributed by atoms with E-state index in [0.29, 0.717) is 18.7 Å². The van der Waals surface area contributed by atoms with E-state index in [9.17, 15) is 4.79 Å². The second-order valence-corrected chi connectivity index (χ2v) is 4.25. The van der Waals surface area contributed by atoms with E-state index in [4.69, 9.17) is 10.2 Å². The molecule has 0 aliphatic rings. The van der Waals surface area contributed by atoms with Crippen LogP contribution in [0.3, 0.4) is 0 Å². The molecule has 0 radical (unpaired) electrons. The fourth-order valence-electron chi connectivity index (χ4n) is 1.74. The number of nitrogen functional groups attached to an aromatic ring is 1. The Labute approximate surface area is 106 Å². The van der Waals surface area contributed by atoms with Crippen LogP contribution in [-0.4, -0.2) is 17.9 Å². The molecular weight excluding hydrogens is 228 g/mol. The highest BCUT2D eigenvalue weighted by Gasteiger charge is 2.11. The molecular formula is C14H16N2O2. The molecule has 1 aromatic heterocycles. The molecule has 2 aromatic rings. The van der Waals surface area contributed by atoms with Crippen LogP contribution in [0.5, 0.6) is 0 Å². The number of hydrogen-bond acceptors (Lipinski definition) is 3. The zero-order valence-corrected chi connectivity index (χ0v) is 10.3. The first-order chi connectivity index (χ1) is 8.65. The standard InChI is InChI=1S/C14H16N2O2/c1-16(10-13-6-3-7-18-13)14(17)9-11-4-2-5-12(15)8-11/h2-8H,9-10,15H2,1H3. The summed E-state index contributed by atoms with van der Waals surface area (Å²) in [5.41, 5.74) is 7.28.